The first-order chi connectivity index (χ1) is 14.9. The lowest BCUT2D eigenvalue weighted by Crippen LogP contribution is -2.36. The third-order valence-electron chi connectivity index (χ3n) is 6.31. The molecule has 168 valence electrons. The van der Waals surface area contributed by atoms with Crippen LogP contribution in [0.2, 0.25) is 0 Å². The zero-order chi connectivity index (χ0) is 22.4. The summed E-state index contributed by atoms with van der Waals surface area (Å²) < 4.78 is 3.06. The summed E-state index contributed by atoms with van der Waals surface area (Å²) in [5.74, 6) is 0.403. The number of unbranched alkanes of at least 4 members (excludes halogenated alkanes) is 9. The van der Waals surface area contributed by atoms with Gasteiger partial charge in [0.25, 0.3) is 5.56 Å². The number of benzene rings is 1. The molecule has 0 spiro atoms. The summed E-state index contributed by atoms with van der Waals surface area (Å²) in [5, 5.41) is 0. The van der Waals surface area contributed by atoms with E-state index in [1.54, 1.807) is 0 Å². The van der Waals surface area contributed by atoms with Crippen LogP contribution >= 0.6 is 0 Å². The van der Waals surface area contributed by atoms with Crippen LogP contribution in [-0.4, -0.2) is 19.1 Å². The van der Waals surface area contributed by atoms with Gasteiger partial charge in [-0.25, -0.2) is 9.78 Å². The van der Waals surface area contributed by atoms with Gasteiger partial charge in [-0.3, -0.25) is 9.36 Å². The molecule has 0 saturated heterocycles. The van der Waals surface area contributed by atoms with Gasteiger partial charge in [-0.15, -0.1) is 0 Å². The van der Waals surface area contributed by atoms with Gasteiger partial charge in [0.05, 0.1) is 11.0 Å². The quantitative estimate of drug-likeness (QED) is 0.316. The Morgan fingerprint density at radius 3 is 2.03 bits per heavy atom. The minimum Gasteiger partial charge on any atom is -0.322 e. The highest BCUT2D eigenvalue weighted by Gasteiger charge is 2.20. The molecule has 0 aromatic heterocycles. The molecule has 2 aliphatic rings. The van der Waals surface area contributed by atoms with E-state index in [1.807, 2.05) is 17.6 Å². The molecule has 0 bridgehead atoms. The van der Waals surface area contributed by atoms with Crippen LogP contribution in [0, 0.1) is 13.8 Å². The molecule has 0 N–H and O–H groups in total. The number of hydrogen-bond acceptors (Lipinski definition) is 4. The lowest BCUT2D eigenvalue weighted by atomic mass is 10.1. The van der Waals surface area contributed by atoms with Crippen molar-refractivity contribution in [3.63, 3.8) is 0 Å². The molecule has 2 aliphatic heterocycles. The van der Waals surface area contributed by atoms with E-state index in [2.05, 4.69) is 29.9 Å². The summed E-state index contributed by atoms with van der Waals surface area (Å²) in [6, 6.07) is 4.11. The van der Waals surface area contributed by atoms with Gasteiger partial charge in [0.15, 0.2) is 11.5 Å². The number of aromatic nitrogens is 4. The van der Waals surface area contributed by atoms with Gasteiger partial charge in [0.1, 0.15) is 0 Å². The van der Waals surface area contributed by atoms with Gasteiger partial charge >= 0.3 is 5.69 Å². The van der Waals surface area contributed by atoms with E-state index in [1.165, 1.54) is 58.4 Å². The number of hydrogen-bond donors (Lipinski definition) is 0. The Kier molecular flexibility index (Phi) is 7.99. The maximum absolute atomic E-state index is 12.7. The molecule has 3 rings (SSSR count). The minimum atomic E-state index is -0.528. The molecule has 0 atom stereocenters. The molecule has 31 heavy (non-hydrogen) atoms. The topological polar surface area (TPSA) is 69.8 Å². The van der Waals surface area contributed by atoms with Gasteiger partial charge in [0, 0.05) is 13.6 Å². The summed E-state index contributed by atoms with van der Waals surface area (Å²) >= 11 is 0. The number of nitrogens with zero attached hydrogens (tertiary/aromatic N) is 4. The average molecular weight is 425 g/mol. The Labute approximate surface area is 184 Å². The average Bonchev–Trinajstić information content (AvgIpc) is 2.75. The van der Waals surface area contributed by atoms with E-state index in [-0.39, 0.29) is 11.3 Å². The molecule has 0 amide bonds. The summed E-state index contributed by atoms with van der Waals surface area (Å²) in [7, 11) is 1.45. The zero-order valence-corrected chi connectivity index (χ0v) is 19.5. The second-order valence-electron chi connectivity index (χ2n) is 8.80. The van der Waals surface area contributed by atoms with Crippen molar-refractivity contribution in [2.24, 2.45) is 7.05 Å². The molecule has 6 nitrogen and oxygen atoms in total. The molecule has 2 heterocycles. The van der Waals surface area contributed by atoms with Crippen molar-refractivity contribution in [1.29, 1.82) is 0 Å². The van der Waals surface area contributed by atoms with Crippen LogP contribution < -0.4 is 11.2 Å². The van der Waals surface area contributed by atoms with Gasteiger partial charge in [-0.2, -0.15) is 4.98 Å². The first-order valence-electron chi connectivity index (χ1n) is 11.8. The fourth-order valence-electron chi connectivity index (χ4n) is 4.16. The highest BCUT2D eigenvalue weighted by Crippen LogP contribution is 2.24. The number of fused-ring (bicyclic) bond motifs is 2. The van der Waals surface area contributed by atoms with Crippen LogP contribution in [0.25, 0.3) is 22.6 Å². The van der Waals surface area contributed by atoms with Crippen LogP contribution in [0.1, 0.15) is 82.3 Å². The Morgan fingerprint density at radius 1 is 0.806 bits per heavy atom. The number of aryl methyl sites for hydroxylation is 3. The van der Waals surface area contributed by atoms with E-state index < -0.39 is 5.69 Å². The fraction of sp³-hybridized carbons (Fsp3) is 0.600. The smallest absolute Gasteiger partial charge is 0.322 e. The zero-order valence-electron chi connectivity index (χ0n) is 19.5. The molecule has 6 heteroatoms. The largest absolute Gasteiger partial charge is 0.352 e. The van der Waals surface area contributed by atoms with E-state index in [0.29, 0.717) is 5.82 Å². The fourth-order valence-corrected chi connectivity index (χ4v) is 4.16. The first kappa shape index (κ1) is 23.2. The van der Waals surface area contributed by atoms with Gasteiger partial charge in [-0.05, 0) is 43.5 Å². The summed E-state index contributed by atoms with van der Waals surface area (Å²) in [5.41, 5.74) is 3.37. The molecule has 0 saturated carbocycles. The van der Waals surface area contributed by atoms with Crippen molar-refractivity contribution in [2.45, 2.75) is 91.5 Å². The van der Waals surface area contributed by atoms with Gasteiger partial charge < -0.3 is 4.57 Å². The molecule has 0 unspecified atom stereocenters. The van der Waals surface area contributed by atoms with Crippen molar-refractivity contribution in [3.05, 3.63) is 44.1 Å². The SMILES string of the molecule is CCCCCCCCCCCCn1c2nc(=O)n(C)c(=O)c-2nc2cc(C)c(C)cc21. The lowest BCUT2D eigenvalue weighted by Gasteiger charge is -2.18. The Balaban J connectivity index is 1.76. The normalized spacial score (nSPS) is 11.6. The minimum absolute atomic E-state index is 0.268. The molecule has 1 aromatic carbocycles. The predicted molar refractivity (Wildman–Crippen MR) is 127 cm³/mol. The molecule has 0 fully saturated rings. The van der Waals surface area contributed by atoms with Gasteiger partial charge in [-0.1, -0.05) is 64.7 Å². The molecule has 0 aliphatic carbocycles. The van der Waals surface area contributed by atoms with Crippen LogP contribution in [0.5, 0.6) is 0 Å². The second-order valence-corrected chi connectivity index (χ2v) is 8.80. The van der Waals surface area contributed by atoms with Crippen LogP contribution in [0.3, 0.4) is 0 Å². The maximum atomic E-state index is 12.7. The van der Waals surface area contributed by atoms with Crippen LogP contribution in [0.4, 0.5) is 0 Å². The van der Waals surface area contributed by atoms with Crippen molar-refractivity contribution in [3.8, 4) is 11.5 Å². The molecule has 1 aromatic rings. The second kappa shape index (κ2) is 10.7. The monoisotopic (exact) mass is 424 g/mol. The summed E-state index contributed by atoms with van der Waals surface area (Å²) in [6.07, 6.45) is 12.6. The van der Waals surface area contributed by atoms with E-state index in [4.69, 9.17) is 0 Å². The third kappa shape index (κ3) is 5.41. The van der Waals surface area contributed by atoms with Crippen molar-refractivity contribution in [2.75, 3.05) is 0 Å². The predicted octanol–water partition coefficient (Wildman–Crippen LogP) is 5.13. The molecular formula is C25H36N4O2. The van der Waals surface area contributed by atoms with Crippen LogP contribution in [-0.2, 0) is 13.6 Å². The van der Waals surface area contributed by atoms with Crippen molar-refractivity contribution >= 4 is 11.0 Å². The van der Waals surface area contributed by atoms with Crippen LogP contribution in [0.15, 0.2) is 21.7 Å². The standard InChI is InChI=1S/C25H36N4O2/c1-5-6-7-8-9-10-11-12-13-14-15-29-21-17-19(3)18(2)16-20(21)26-22-23(29)27-25(31)28(4)24(22)30/h16-17H,5-15H2,1-4H3. The summed E-state index contributed by atoms with van der Waals surface area (Å²) in [4.78, 5) is 33.7. The van der Waals surface area contributed by atoms with E-state index in [9.17, 15) is 9.59 Å². The molecule has 0 radical (unpaired) electrons. The highest BCUT2D eigenvalue weighted by molar-refractivity contribution is 5.81. The molecular weight excluding hydrogens is 388 g/mol. The first-order valence-corrected chi connectivity index (χ1v) is 11.8. The summed E-state index contributed by atoms with van der Waals surface area (Å²) in [6.45, 7) is 7.10. The maximum Gasteiger partial charge on any atom is 0.352 e. The van der Waals surface area contributed by atoms with Crippen molar-refractivity contribution < 1.29 is 0 Å². The Bertz CT molecular complexity index is 1110. The third-order valence-corrected chi connectivity index (χ3v) is 6.31. The van der Waals surface area contributed by atoms with E-state index in [0.717, 1.165) is 46.1 Å². The van der Waals surface area contributed by atoms with Gasteiger partial charge in [0.2, 0.25) is 0 Å². The van der Waals surface area contributed by atoms with Crippen molar-refractivity contribution in [1.82, 2.24) is 19.1 Å². The van der Waals surface area contributed by atoms with E-state index >= 15 is 0 Å². The number of rotatable bonds is 11. The Morgan fingerprint density at radius 2 is 1.39 bits per heavy atom. The Hall–Kier alpha value is -2.50. The highest BCUT2D eigenvalue weighted by atomic mass is 16.2. The lowest BCUT2D eigenvalue weighted by molar-refractivity contribution is 0.536.